The molecule has 2 rings (SSSR count). The molecule has 1 aromatic heterocycles. The lowest BCUT2D eigenvalue weighted by Gasteiger charge is -2.24. The Morgan fingerprint density at radius 2 is 1.85 bits per heavy atom. The fourth-order valence-corrected chi connectivity index (χ4v) is 2.44. The Morgan fingerprint density at radius 3 is 2.40 bits per heavy atom. The molecule has 0 aliphatic rings. The summed E-state index contributed by atoms with van der Waals surface area (Å²) in [5.41, 5.74) is 4.68. The molecule has 20 heavy (non-hydrogen) atoms. The molecule has 0 fully saturated rings. The van der Waals surface area contributed by atoms with E-state index in [1.807, 2.05) is 43.0 Å². The molecule has 6 heteroatoms. The van der Waals surface area contributed by atoms with Crippen molar-refractivity contribution in [1.29, 1.82) is 0 Å². The summed E-state index contributed by atoms with van der Waals surface area (Å²) in [6.45, 7) is 4.80. The van der Waals surface area contributed by atoms with Gasteiger partial charge in [0.15, 0.2) is 11.6 Å². The molecule has 106 valence electrons. The van der Waals surface area contributed by atoms with Crippen LogP contribution in [0.5, 0.6) is 0 Å². The quantitative estimate of drug-likeness (QED) is 0.658. The van der Waals surface area contributed by atoms with Crippen LogP contribution >= 0.6 is 23.2 Å². The van der Waals surface area contributed by atoms with Crippen LogP contribution in [-0.2, 0) is 0 Å². The first kappa shape index (κ1) is 14.9. The van der Waals surface area contributed by atoms with Gasteiger partial charge in [-0.2, -0.15) is 0 Å². The number of nitrogen functional groups attached to an aromatic ring is 1. The molecule has 1 heterocycles. The first-order valence-corrected chi connectivity index (χ1v) is 6.99. The number of nitrogens with one attached hydrogen (secondary N) is 1. The van der Waals surface area contributed by atoms with Crippen molar-refractivity contribution >= 4 is 40.5 Å². The molecular formula is C14H16Cl2N4. The molecular weight excluding hydrogens is 295 g/mol. The maximum Gasteiger partial charge on any atom is 0.161 e. The summed E-state index contributed by atoms with van der Waals surface area (Å²) in [6.07, 6.45) is 0. The van der Waals surface area contributed by atoms with Crippen molar-refractivity contribution in [2.45, 2.75) is 13.8 Å². The predicted molar refractivity (Wildman–Crippen MR) is 85.9 cm³/mol. The van der Waals surface area contributed by atoms with E-state index >= 15 is 0 Å². The molecule has 0 spiro atoms. The molecule has 0 unspecified atom stereocenters. The van der Waals surface area contributed by atoms with Crippen molar-refractivity contribution in [2.24, 2.45) is 5.84 Å². The average molecular weight is 311 g/mol. The number of pyridine rings is 1. The summed E-state index contributed by atoms with van der Waals surface area (Å²) in [4.78, 5) is 6.39. The lowest BCUT2D eigenvalue weighted by Crippen LogP contribution is -2.19. The van der Waals surface area contributed by atoms with Crippen LogP contribution in [0.25, 0.3) is 0 Å². The van der Waals surface area contributed by atoms with Gasteiger partial charge in [0.2, 0.25) is 0 Å². The van der Waals surface area contributed by atoms with E-state index in [2.05, 4.69) is 10.4 Å². The van der Waals surface area contributed by atoms with Gasteiger partial charge in [-0.05, 0) is 32.0 Å². The van der Waals surface area contributed by atoms with Crippen LogP contribution in [-0.4, -0.2) is 11.5 Å². The van der Waals surface area contributed by atoms with Crippen molar-refractivity contribution in [1.82, 2.24) is 4.98 Å². The summed E-state index contributed by atoms with van der Waals surface area (Å²) < 4.78 is 0. The van der Waals surface area contributed by atoms with Gasteiger partial charge in [-0.1, -0.05) is 40.9 Å². The number of aromatic nitrogens is 1. The third kappa shape index (κ3) is 2.98. The molecule has 0 atom stereocenters. The standard InChI is InChI=1S/C14H16Cl2N4/c1-3-20(10-6-4-9(2)5-7-10)14-12(16)8-11(15)13(18-14)19-17/h4-8H,3,17H2,1-2H3,(H,18,19). The van der Waals surface area contributed by atoms with Gasteiger partial charge in [0.1, 0.15) is 0 Å². The highest BCUT2D eigenvalue weighted by molar-refractivity contribution is 6.37. The summed E-state index contributed by atoms with van der Waals surface area (Å²) in [6, 6.07) is 9.79. The molecule has 0 aliphatic carbocycles. The van der Waals surface area contributed by atoms with Gasteiger partial charge in [-0.15, -0.1) is 0 Å². The molecule has 0 amide bonds. The van der Waals surface area contributed by atoms with Crippen molar-refractivity contribution in [2.75, 3.05) is 16.9 Å². The second-order valence-electron chi connectivity index (χ2n) is 4.35. The summed E-state index contributed by atoms with van der Waals surface area (Å²) in [5, 5.41) is 0.873. The normalized spacial score (nSPS) is 10.4. The Kier molecular flexibility index (Phi) is 4.70. The number of hydrazine groups is 1. The van der Waals surface area contributed by atoms with Gasteiger partial charge in [-0.3, -0.25) is 0 Å². The van der Waals surface area contributed by atoms with Gasteiger partial charge in [0.05, 0.1) is 10.0 Å². The predicted octanol–water partition coefficient (Wildman–Crippen LogP) is 4.14. The van der Waals surface area contributed by atoms with Gasteiger partial charge in [0, 0.05) is 12.2 Å². The van der Waals surface area contributed by atoms with Crippen LogP contribution in [0.15, 0.2) is 30.3 Å². The largest absolute Gasteiger partial charge is 0.325 e. The number of aryl methyl sites for hydroxylation is 1. The smallest absolute Gasteiger partial charge is 0.161 e. The summed E-state index contributed by atoms with van der Waals surface area (Å²) in [5.74, 6) is 6.43. The second-order valence-corrected chi connectivity index (χ2v) is 5.16. The fourth-order valence-electron chi connectivity index (χ4n) is 1.93. The van der Waals surface area contributed by atoms with Crippen LogP contribution in [0.4, 0.5) is 17.3 Å². The Labute approximate surface area is 128 Å². The SMILES string of the molecule is CCN(c1ccc(C)cc1)c1nc(NN)c(Cl)cc1Cl. The average Bonchev–Trinajstić information content (AvgIpc) is 2.43. The first-order valence-electron chi connectivity index (χ1n) is 6.23. The van der Waals surface area contributed by atoms with E-state index in [0.717, 1.165) is 12.2 Å². The first-order chi connectivity index (χ1) is 9.56. The molecule has 2 aromatic rings. The van der Waals surface area contributed by atoms with Gasteiger partial charge in [-0.25, -0.2) is 10.8 Å². The number of hydrogen-bond acceptors (Lipinski definition) is 4. The number of hydrogen-bond donors (Lipinski definition) is 2. The number of anilines is 3. The van der Waals surface area contributed by atoms with E-state index in [1.165, 1.54) is 5.56 Å². The number of rotatable bonds is 4. The van der Waals surface area contributed by atoms with Crippen molar-refractivity contribution in [3.05, 3.63) is 45.9 Å². The zero-order valence-electron chi connectivity index (χ0n) is 11.3. The zero-order chi connectivity index (χ0) is 14.7. The molecule has 4 nitrogen and oxygen atoms in total. The molecule has 3 N–H and O–H groups in total. The third-order valence-electron chi connectivity index (χ3n) is 2.97. The molecule has 1 aromatic carbocycles. The lowest BCUT2D eigenvalue weighted by molar-refractivity contribution is 0.988. The maximum atomic E-state index is 6.26. The number of nitrogens with two attached hydrogens (primary N) is 1. The van der Waals surface area contributed by atoms with E-state index < -0.39 is 0 Å². The number of nitrogens with zero attached hydrogens (tertiary/aromatic N) is 2. The minimum atomic E-state index is 0.390. The Morgan fingerprint density at radius 1 is 1.20 bits per heavy atom. The maximum absolute atomic E-state index is 6.26. The third-order valence-corrected chi connectivity index (χ3v) is 3.53. The Hall–Kier alpha value is -1.49. The Bertz CT molecular complexity index is 599. The van der Waals surface area contributed by atoms with Crippen molar-refractivity contribution in [3.8, 4) is 0 Å². The van der Waals surface area contributed by atoms with E-state index in [-0.39, 0.29) is 0 Å². The molecule has 0 bridgehead atoms. The zero-order valence-corrected chi connectivity index (χ0v) is 12.8. The Balaban J connectivity index is 2.48. The summed E-state index contributed by atoms with van der Waals surface area (Å²) >= 11 is 12.3. The highest BCUT2D eigenvalue weighted by Gasteiger charge is 2.15. The van der Waals surface area contributed by atoms with E-state index in [4.69, 9.17) is 29.0 Å². The fraction of sp³-hybridized carbons (Fsp3) is 0.214. The van der Waals surface area contributed by atoms with E-state index in [0.29, 0.717) is 21.7 Å². The van der Waals surface area contributed by atoms with E-state index in [1.54, 1.807) is 6.07 Å². The van der Waals surface area contributed by atoms with Gasteiger partial charge >= 0.3 is 0 Å². The molecule has 0 radical (unpaired) electrons. The van der Waals surface area contributed by atoms with Crippen molar-refractivity contribution < 1.29 is 0 Å². The van der Waals surface area contributed by atoms with E-state index in [9.17, 15) is 0 Å². The topological polar surface area (TPSA) is 54.2 Å². The van der Waals surface area contributed by atoms with Crippen LogP contribution < -0.4 is 16.2 Å². The highest BCUT2D eigenvalue weighted by atomic mass is 35.5. The van der Waals surface area contributed by atoms with Crippen molar-refractivity contribution in [3.63, 3.8) is 0 Å². The second kappa shape index (κ2) is 6.31. The minimum Gasteiger partial charge on any atom is -0.325 e. The molecule has 0 saturated heterocycles. The van der Waals surface area contributed by atoms with Crippen LogP contribution in [0.3, 0.4) is 0 Å². The molecule has 0 aliphatic heterocycles. The minimum absolute atomic E-state index is 0.390. The highest BCUT2D eigenvalue weighted by Crippen LogP contribution is 2.34. The summed E-state index contributed by atoms with van der Waals surface area (Å²) in [7, 11) is 0. The lowest BCUT2D eigenvalue weighted by atomic mass is 10.2. The number of halogens is 2. The van der Waals surface area contributed by atoms with Gasteiger partial charge in [0.25, 0.3) is 0 Å². The van der Waals surface area contributed by atoms with Crippen LogP contribution in [0.1, 0.15) is 12.5 Å². The van der Waals surface area contributed by atoms with Gasteiger partial charge < -0.3 is 10.3 Å². The number of benzene rings is 1. The van der Waals surface area contributed by atoms with Crippen LogP contribution in [0.2, 0.25) is 10.0 Å². The molecule has 0 saturated carbocycles. The van der Waals surface area contributed by atoms with Crippen LogP contribution in [0, 0.1) is 6.92 Å². The monoisotopic (exact) mass is 310 g/mol.